The van der Waals surface area contributed by atoms with Gasteiger partial charge in [0.25, 0.3) is 5.91 Å². The molecule has 0 N–H and O–H groups in total. The van der Waals surface area contributed by atoms with Gasteiger partial charge in [0.1, 0.15) is 5.75 Å². The van der Waals surface area contributed by atoms with Gasteiger partial charge in [-0.25, -0.2) is 0 Å². The third-order valence-corrected chi connectivity index (χ3v) is 8.50. The number of esters is 1. The maximum atomic E-state index is 13.7. The third-order valence-electron chi connectivity index (χ3n) is 8.50. The first-order chi connectivity index (χ1) is 17.9. The van der Waals surface area contributed by atoms with E-state index in [4.69, 9.17) is 4.74 Å². The lowest BCUT2D eigenvalue weighted by Crippen LogP contribution is -2.56. The number of piperidine rings is 1. The Labute approximate surface area is 219 Å². The first kappa shape index (κ1) is 25.2. The topological polar surface area (TPSA) is 49.9 Å². The van der Waals surface area contributed by atoms with E-state index in [1.165, 1.54) is 12.5 Å². The van der Waals surface area contributed by atoms with Crippen molar-refractivity contribution in [2.24, 2.45) is 5.92 Å². The lowest BCUT2D eigenvalue weighted by Gasteiger charge is -2.54. The molecule has 2 fully saturated rings. The van der Waals surface area contributed by atoms with E-state index in [1.807, 2.05) is 66.6 Å². The highest BCUT2D eigenvalue weighted by Crippen LogP contribution is 2.50. The molecule has 0 radical (unpaired) electrons. The van der Waals surface area contributed by atoms with Gasteiger partial charge in [-0.15, -0.1) is 6.58 Å². The molecule has 1 saturated carbocycles. The molecule has 3 aromatic rings. The summed E-state index contributed by atoms with van der Waals surface area (Å²) in [5.74, 6) is 0.819. The second kappa shape index (κ2) is 10.5. The van der Waals surface area contributed by atoms with Crippen LogP contribution in [-0.2, 0) is 10.2 Å². The van der Waals surface area contributed by atoms with Crippen molar-refractivity contribution < 1.29 is 14.3 Å². The molecular weight excluding hydrogens is 460 g/mol. The smallest absolute Gasteiger partial charge is 0.308 e. The highest BCUT2D eigenvalue weighted by Gasteiger charge is 2.49. The van der Waals surface area contributed by atoms with Crippen LogP contribution in [0.2, 0.25) is 0 Å². The summed E-state index contributed by atoms with van der Waals surface area (Å²) in [6.45, 7) is 8.26. The van der Waals surface area contributed by atoms with Gasteiger partial charge in [0.2, 0.25) is 0 Å². The summed E-state index contributed by atoms with van der Waals surface area (Å²) in [7, 11) is 1.96. The van der Waals surface area contributed by atoms with E-state index >= 15 is 0 Å². The van der Waals surface area contributed by atoms with Crippen LogP contribution in [0.15, 0.2) is 79.4 Å². The third kappa shape index (κ3) is 5.05. The number of carbonyl (C=O) groups excluding carboxylic acids is 2. The first-order valence-electron chi connectivity index (χ1n) is 13.3. The molecule has 0 spiro atoms. The fourth-order valence-corrected chi connectivity index (χ4v) is 6.60. The minimum absolute atomic E-state index is 0.0714. The number of rotatable bonds is 6. The van der Waals surface area contributed by atoms with Crippen molar-refractivity contribution >= 4 is 22.6 Å². The van der Waals surface area contributed by atoms with Gasteiger partial charge in [-0.3, -0.25) is 14.5 Å². The molecule has 1 heterocycles. The maximum Gasteiger partial charge on any atom is 0.308 e. The van der Waals surface area contributed by atoms with Crippen molar-refractivity contribution in [3.05, 3.63) is 90.5 Å². The standard InChI is InChI=1S/C32H36N2O3/c1-4-17-34-18-16-32(27-10-7-11-30(20-27)37-23(2)35)21-29(15-14-28(32)22-34)33(3)31(36)26-13-12-24-8-5-6-9-25(24)19-26/h4-13,19-20,28-29H,1,14-18,21-22H2,2-3H3/t28-,29+,32+/m1/s1. The second-order valence-electron chi connectivity index (χ2n) is 10.7. The molecule has 192 valence electrons. The summed E-state index contributed by atoms with van der Waals surface area (Å²) in [6.07, 6.45) is 5.91. The first-order valence-corrected chi connectivity index (χ1v) is 13.3. The fraction of sp³-hybridized carbons (Fsp3) is 0.375. The molecule has 3 aromatic carbocycles. The van der Waals surface area contributed by atoms with Crippen LogP contribution in [0.4, 0.5) is 0 Å². The molecule has 1 aliphatic heterocycles. The van der Waals surface area contributed by atoms with Gasteiger partial charge >= 0.3 is 5.97 Å². The van der Waals surface area contributed by atoms with Crippen molar-refractivity contribution in [2.45, 2.75) is 44.1 Å². The number of likely N-dealkylation sites (tertiary alicyclic amines) is 1. The Balaban J connectivity index is 1.44. The predicted molar refractivity (Wildman–Crippen MR) is 148 cm³/mol. The number of ether oxygens (including phenoxy) is 1. The molecule has 5 nitrogen and oxygen atoms in total. The summed E-state index contributed by atoms with van der Waals surface area (Å²) in [6, 6.07) is 22.3. The minimum atomic E-state index is -0.311. The zero-order chi connectivity index (χ0) is 26.0. The number of hydrogen-bond acceptors (Lipinski definition) is 4. The van der Waals surface area contributed by atoms with E-state index in [-0.39, 0.29) is 23.3 Å². The van der Waals surface area contributed by atoms with Gasteiger partial charge in [-0.2, -0.15) is 0 Å². The zero-order valence-corrected chi connectivity index (χ0v) is 21.9. The Morgan fingerprint density at radius 3 is 2.68 bits per heavy atom. The molecule has 0 aromatic heterocycles. The summed E-state index contributed by atoms with van der Waals surface area (Å²) < 4.78 is 5.46. The van der Waals surface area contributed by atoms with Crippen LogP contribution in [0.25, 0.3) is 10.8 Å². The van der Waals surface area contributed by atoms with Crippen LogP contribution in [0.5, 0.6) is 5.75 Å². The maximum absolute atomic E-state index is 13.7. The minimum Gasteiger partial charge on any atom is -0.427 e. The van der Waals surface area contributed by atoms with Crippen LogP contribution < -0.4 is 4.74 Å². The average molecular weight is 497 g/mol. The second-order valence-corrected chi connectivity index (χ2v) is 10.7. The molecule has 37 heavy (non-hydrogen) atoms. The Hall–Kier alpha value is -3.44. The molecule has 3 atom stereocenters. The molecule has 1 saturated heterocycles. The van der Waals surface area contributed by atoms with E-state index in [0.29, 0.717) is 11.7 Å². The van der Waals surface area contributed by atoms with Gasteiger partial charge in [0.05, 0.1) is 0 Å². The predicted octanol–water partition coefficient (Wildman–Crippen LogP) is 5.84. The van der Waals surface area contributed by atoms with E-state index < -0.39 is 0 Å². The molecule has 2 aliphatic rings. The van der Waals surface area contributed by atoms with E-state index in [0.717, 1.165) is 61.7 Å². The van der Waals surface area contributed by atoms with Crippen molar-refractivity contribution in [1.29, 1.82) is 0 Å². The number of benzene rings is 3. The molecule has 1 amide bonds. The highest BCUT2D eigenvalue weighted by atomic mass is 16.5. The van der Waals surface area contributed by atoms with Gasteiger partial charge in [0, 0.05) is 44.1 Å². The monoisotopic (exact) mass is 496 g/mol. The highest BCUT2D eigenvalue weighted by molar-refractivity contribution is 5.98. The molecule has 0 unspecified atom stereocenters. The Morgan fingerprint density at radius 1 is 1.08 bits per heavy atom. The molecule has 5 heteroatoms. The van der Waals surface area contributed by atoms with Gasteiger partial charge in [-0.1, -0.05) is 48.5 Å². The SMILES string of the molecule is C=CCN1CC[C@@]2(c3cccc(OC(C)=O)c3)C[C@@H](N(C)C(=O)c3ccc4ccccc4c3)CC[C@@H]2C1. The number of carbonyl (C=O) groups is 2. The number of amides is 1. The Bertz CT molecular complexity index is 1320. The zero-order valence-electron chi connectivity index (χ0n) is 21.9. The summed E-state index contributed by atoms with van der Waals surface area (Å²) in [4.78, 5) is 29.7. The van der Waals surface area contributed by atoms with E-state index in [9.17, 15) is 9.59 Å². The fourth-order valence-electron chi connectivity index (χ4n) is 6.60. The molecule has 0 bridgehead atoms. The van der Waals surface area contributed by atoms with Crippen LogP contribution in [0.3, 0.4) is 0 Å². The van der Waals surface area contributed by atoms with Gasteiger partial charge in [-0.05, 0) is 78.7 Å². The van der Waals surface area contributed by atoms with Crippen LogP contribution >= 0.6 is 0 Å². The average Bonchev–Trinajstić information content (AvgIpc) is 2.91. The summed E-state index contributed by atoms with van der Waals surface area (Å²) >= 11 is 0. The van der Waals surface area contributed by atoms with Crippen molar-refractivity contribution in [3.63, 3.8) is 0 Å². The molecular formula is C32H36N2O3. The lowest BCUT2D eigenvalue weighted by atomic mass is 9.57. The number of nitrogens with zero attached hydrogens (tertiary/aromatic N) is 2. The van der Waals surface area contributed by atoms with E-state index in [1.54, 1.807) is 0 Å². The van der Waals surface area contributed by atoms with Crippen LogP contribution in [0, 0.1) is 5.92 Å². The lowest BCUT2D eigenvalue weighted by molar-refractivity contribution is -0.131. The van der Waals surface area contributed by atoms with Crippen LogP contribution in [-0.4, -0.2) is 54.4 Å². The molecule has 1 aliphatic carbocycles. The number of fused-ring (bicyclic) bond motifs is 2. The number of hydrogen-bond donors (Lipinski definition) is 0. The summed E-state index contributed by atoms with van der Waals surface area (Å²) in [5.41, 5.74) is 1.87. The largest absolute Gasteiger partial charge is 0.427 e. The summed E-state index contributed by atoms with van der Waals surface area (Å²) in [5, 5.41) is 2.22. The van der Waals surface area contributed by atoms with Crippen molar-refractivity contribution in [3.8, 4) is 5.75 Å². The van der Waals surface area contributed by atoms with Crippen LogP contribution in [0.1, 0.15) is 48.5 Å². The molecule has 5 rings (SSSR count). The Morgan fingerprint density at radius 2 is 1.89 bits per heavy atom. The van der Waals surface area contributed by atoms with Gasteiger partial charge < -0.3 is 9.64 Å². The van der Waals surface area contributed by atoms with Crippen molar-refractivity contribution in [1.82, 2.24) is 9.80 Å². The Kier molecular flexibility index (Phi) is 7.16. The quantitative estimate of drug-likeness (QED) is 0.245. The van der Waals surface area contributed by atoms with Gasteiger partial charge in [0.15, 0.2) is 0 Å². The van der Waals surface area contributed by atoms with Crippen molar-refractivity contribution in [2.75, 3.05) is 26.7 Å². The normalized spacial score (nSPS) is 23.7. The van der Waals surface area contributed by atoms with E-state index in [2.05, 4.69) is 29.7 Å².